The fourth-order valence-corrected chi connectivity index (χ4v) is 5.23. The molecule has 0 bridgehead atoms. The maximum Gasteiger partial charge on any atom is 0.338 e. The molecule has 0 unspecified atom stereocenters. The third kappa shape index (κ3) is 8.03. The zero-order valence-corrected chi connectivity index (χ0v) is 26.3. The van der Waals surface area contributed by atoms with Crippen LogP contribution < -0.4 is 5.32 Å². The zero-order valence-electron chi connectivity index (χ0n) is 25.5. The van der Waals surface area contributed by atoms with Crippen LogP contribution in [0.15, 0.2) is 54.9 Å². The number of carbonyl (C=O) groups is 3. The molecule has 2 aromatic heterocycles. The largest absolute Gasteiger partial charge is 0.459 e. The van der Waals surface area contributed by atoms with Crippen LogP contribution >= 0.6 is 11.6 Å². The first-order chi connectivity index (χ1) is 21.7. The molecule has 0 spiro atoms. The maximum absolute atomic E-state index is 13.1. The van der Waals surface area contributed by atoms with Crippen LogP contribution in [0.5, 0.6) is 0 Å². The summed E-state index contributed by atoms with van der Waals surface area (Å²) in [5.74, 6) is -1.03. The number of aromatic nitrogens is 4. The van der Waals surface area contributed by atoms with Crippen LogP contribution in [-0.4, -0.2) is 56.2 Å². The number of unbranched alkanes of at least 4 members (excludes halogenated alkanes) is 3. The first-order valence-electron chi connectivity index (χ1n) is 15.1. The molecule has 0 radical (unpaired) electrons. The van der Waals surface area contributed by atoms with Crippen LogP contribution in [0, 0.1) is 13.8 Å². The normalized spacial score (nSPS) is 17.7. The van der Waals surface area contributed by atoms with Crippen molar-refractivity contribution in [2.75, 3.05) is 11.9 Å². The first-order valence-corrected chi connectivity index (χ1v) is 15.5. The summed E-state index contributed by atoms with van der Waals surface area (Å²) in [5, 5.41) is 2.73. The molecule has 0 saturated carbocycles. The van der Waals surface area contributed by atoms with Gasteiger partial charge >= 0.3 is 11.9 Å². The van der Waals surface area contributed by atoms with Gasteiger partial charge in [0.05, 0.1) is 17.5 Å². The van der Waals surface area contributed by atoms with Gasteiger partial charge in [0.2, 0.25) is 11.2 Å². The van der Waals surface area contributed by atoms with Crippen molar-refractivity contribution in [3.05, 3.63) is 82.4 Å². The van der Waals surface area contributed by atoms with Gasteiger partial charge in [-0.15, -0.1) is 0 Å². The lowest BCUT2D eigenvalue weighted by atomic mass is 10.1. The lowest BCUT2D eigenvalue weighted by molar-refractivity contribution is -0.116. The number of hydrogen-bond donors (Lipinski definition) is 1. The Morgan fingerprint density at radius 1 is 0.956 bits per heavy atom. The molecule has 4 aromatic rings. The van der Waals surface area contributed by atoms with E-state index in [1.807, 2.05) is 38.1 Å². The first kappa shape index (κ1) is 32.1. The predicted octanol–water partition coefficient (Wildman–Crippen LogP) is 6.38. The molecule has 5 rings (SSSR count). The number of carbonyl (C=O) groups excluding carboxylic acids is 3. The quantitative estimate of drug-likeness (QED) is 0.107. The Kier molecular flexibility index (Phi) is 10.4. The molecular weight excluding hydrogens is 598 g/mol. The van der Waals surface area contributed by atoms with Crippen molar-refractivity contribution >= 4 is 46.4 Å². The Morgan fingerprint density at radius 3 is 2.29 bits per heavy atom. The number of nitrogens with zero attached hydrogens (tertiary/aromatic N) is 4. The summed E-state index contributed by atoms with van der Waals surface area (Å²) >= 11 is 6.26. The standard InChI is InChI=1S/C33H36ClN5O6/c1-4-5-6-7-8-26(40)36-29-28-30(38-33(34)37-29)39(19-35-28)27-17-24(45-32(42)23-15-11-21(3)12-16-23)25(44-27)18-43-31(41)22-13-9-20(2)10-14-22/h9-16,19,24-25,27H,4-8,17-18H2,1-3H3,(H,36,37,38,40)/t24-,25+,27-/m0/s1. The number of hydrogen-bond acceptors (Lipinski definition) is 9. The number of ether oxygens (including phenoxy) is 3. The molecule has 11 nitrogen and oxygen atoms in total. The molecule has 1 saturated heterocycles. The molecule has 0 aliphatic carbocycles. The average Bonchev–Trinajstić information content (AvgIpc) is 3.62. The minimum atomic E-state index is -0.782. The van der Waals surface area contributed by atoms with Gasteiger partial charge < -0.3 is 19.5 Å². The third-order valence-corrected chi connectivity index (χ3v) is 7.78. The molecule has 12 heteroatoms. The number of halogens is 1. The number of anilines is 1. The van der Waals surface area contributed by atoms with Crippen LogP contribution in [0.2, 0.25) is 5.28 Å². The van der Waals surface area contributed by atoms with E-state index >= 15 is 0 Å². The van der Waals surface area contributed by atoms with Crippen molar-refractivity contribution in [1.29, 1.82) is 0 Å². The van der Waals surface area contributed by atoms with Gasteiger partial charge in [-0.25, -0.2) is 14.6 Å². The summed E-state index contributed by atoms with van der Waals surface area (Å²) in [6.07, 6.45) is 3.72. The van der Waals surface area contributed by atoms with E-state index in [1.165, 1.54) is 6.33 Å². The number of esters is 2. The number of nitrogens with one attached hydrogen (secondary N) is 1. The van der Waals surface area contributed by atoms with E-state index in [1.54, 1.807) is 28.8 Å². The van der Waals surface area contributed by atoms with Gasteiger partial charge in [0.1, 0.15) is 25.0 Å². The molecule has 2 aromatic carbocycles. The number of rotatable bonds is 12. The fraction of sp³-hybridized carbons (Fsp3) is 0.394. The summed E-state index contributed by atoms with van der Waals surface area (Å²) in [6.45, 7) is 5.81. The van der Waals surface area contributed by atoms with E-state index in [2.05, 4.69) is 27.2 Å². The van der Waals surface area contributed by atoms with Crippen molar-refractivity contribution in [3.63, 3.8) is 0 Å². The SMILES string of the molecule is CCCCCCC(=O)Nc1nc(Cl)nc2c1ncn2[C@@H]1C[C@H](OC(=O)c2ccc(C)cc2)[C@@H](COC(=O)c2ccc(C)cc2)O1. The lowest BCUT2D eigenvalue weighted by Gasteiger charge is -2.19. The number of aryl methyl sites for hydroxylation is 2. The second-order valence-electron chi connectivity index (χ2n) is 11.2. The summed E-state index contributed by atoms with van der Waals surface area (Å²) < 4.78 is 19.4. The summed E-state index contributed by atoms with van der Waals surface area (Å²) in [4.78, 5) is 51.4. The van der Waals surface area contributed by atoms with E-state index in [9.17, 15) is 14.4 Å². The Hall–Kier alpha value is -4.35. The monoisotopic (exact) mass is 633 g/mol. The van der Waals surface area contributed by atoms with Gasteiger partial charge in [-0.3, -0.25) is 9.36 Å². The third-order valence-electron chi connectivity index (χ3n) is 7.61. The summed E-state index contributed by atoms with van der Waals surface area (Å²) in [6, 6.07) is 14.1. The highest BCUT2D eigenvalue weighted by molar-refractivity contribution is 6.28. The Morgan fingerprint density at radius 2 is 1.62 bits per heavy atom. The molecule has 1 fully saturated rings. The van der Waals surface area contributed by atoms with Crippen molar-refractivity contribution in [2.24, 2.45) is 0 Å². The Labute approximate surface area is 266 Å². The van der Waals surface area contributed by atoms with E-state index < -0.39 is 30.4 Å². The van der Waals surface area contributed by atoms with Crippen LogP contribution in [0.25, 0.3) is 11.2 Å². The van der Waals surface area contributed by atoms with Gasteiger partial charge in [-0.1, -0.05) is 61.6 Å². The predicted molar refractivity (Wildman–Crippen MR) is 168 cm³/mol. The topological polar surface area (TPSA) is 135 Å². The van der Waals surface area contributed by atoms with Gasteiger partial charge in [-0.05, 0) is 56.1 Å². The van der Waals surface area contributed by atoms with Gasteiger partial charge in [-0.2, -0.15) is 9.97 Å². The fourth-order valence-electron chi connectivity index (χ4n) is 5.07. The second kappa shape index (κ2) is 14.6. The maximum atomic E-state index is 13.1. The minimum absolute atomic E-state index is 0.0746. The smallest absolute Gasteiger partial charge is 0.338 e. The molecule has 236 valence electrons. The Balaban J connectivity index is 1.35. The molecule has 1 amide bonds. The number of amides is 1. The van der Waals surface area contributed by atoms with Crippen molar-refractivity contribution < 1.29 is 28.6 Å². The Bertz CT molecular complexity index is 1660. The average molecular weight is 634 g/mol. The highest BCUT2D eigenvalue weighted by Gasteiger charge is 2.41. The number of fused-ring (bicyclic) bond motifs is 1. The van der Waals surface area contributed by atoms with Crippen LogP contribution in [-0.2, 0) is 19.0 Å². The molecule has 3 atom stereocenters. The molecule has 1 aliphatic heterocycles. The van der Waals surface area contributed by atoms with Crippen LogP contribution in [0.4, 0.5) is 5.82 Å². The van der Waals surface area contributed by atoms with Crippen molar-refractivity contribution in [2.45, 2.75) is 77.7 Å². The zero-order chi connectivity index (χ0) is 31.9. The highest BCUT2D eigenvalue weighted by atomic mass is 35.5. The summed E-state index contributed by atoms with van der Waals surface area (Å²) in [5.41, 5.74) is 3.49. The van der Waals surface area contributed by atoms with Crippen molar-refractivity contribution in [3.8, 4) is 0 Å². The number of imidazole rings is 1. The lowest BCUT2D eigenvalue weighted by Crippen LogP contribution is -2.32. The van der Waals surface area contributed by atoms with E-state index in [0.29, 0.717) is 28.7 Å². The van der Waals surface area contributed by atoms with E-state index in [0.717, 1.165) is 36.8 Å². The van der Waals surface area contributed by atoms with Crippen LogP contribution in [0.3, 0.4) is 0 Å². The molecule has 3 heterocycles. The molecule has 1 aliphatic rings. The molecule has 1 N–H and O–H groups in total. The minimum Gasteiger partial charge on any atom is -0.459 e. The number of benzene rings is 2. The summed E-state index contributed by atoms with van der Waals surface area (Å²) in [7, 11) is 0. The van der Waals surface area contributed by atoms with Crippen molar-refractivity contribution in [1.82, 2.24) is 19.5 Å². The molecular formula is C33H36ClN5O6. The second-order valence-corrected chi connectivity index (χ2v) is 11.5. The van der Waals surface area contributed by atoms with E-state index in [-0.39, 0.29) is 30.0 Å². The van der Waals surface area contributed by atoms with Gasteiger partial charge in [0.25, 0.3) is 0 Å². The van der Waals surface area contributed by atoms with Crippen LogP contribution in [0.1, 0.15) is 83.5 Å². The van der Waals surface area contributed by atoms with Gasteiger partial charge in [0.15, 0.2) is 17.0 Å². The highest BCUT2D eigenvalue weighted by Crippen LogP contribution is 2.35. The molecule has 45 heavy (non-hydrogen) atoms. The van der Waals surface area contributed by atoms with E-state index in [4.69, 9.17) is 25.8 Å². The van der Waals surface area contributed by atoms with Gasteiger partial charge in [0, 0.05) is 12.8 Å².